The van der Waals surface area contributed by atoms with E-state index in [1.807, 2.05) is 20.8 Å². The Hall–Kier alpha value is -2.94. The highest BCUT2D eigenvalue weighted by molar-refractivity contribution is 5.81. The molecule has 9 heteroatoms. The molecule has 9 nitrogen and oxygen atoms in total. The van der Waals surface area contributed by atoms with Gasteiger partial charge in [0, 0.05) is 6.54 Å². The van der Waals surface area contributed by atoms with Crippen molar-refractivity contribution >= 4 is 23.9 Å². The zero-order valence-electron chi connectivity index (χ0n) is 25.2. The van der Waals surface area contributed by atoms with Gasteiger partial charge in [-0.2, -0.15) is 0 Å². The van der Waals surface area contributed by atoms with Crippen molar-refractivity contribution in [2.45, 2.75) is 107 Å². The Labute approximate surface area is 233 Å². The van der Waals surface area contributed by atoms with Gasteiger partial charge < -0.3 is 24.6 Å². The third kappa shape index (κ3) is 9.95. The number of hydrogen-bond acceptors (Lipinski definition) is 8. The van der Waals surface area contributed by atoms with E-state index in [1.165, 1.54) is 12.1 Å². The van der Waals surface area contributed by atoms with Crippen LogP contribution in [0.1, 0.15) is 94.1 Å². The maximum Gasteiger partial charge on any atom is 0.321 e. The molecule has 0 amide bonds. The van der Waals surface area contributed by atoms with E-state index >= 15 is 0 Å². The maximum absolute atomic E-state index is 12.8. The van der Waals surface area contributed by atoms with E-state index in [4.69, 9.17) is 14.2 Å². The number of carboxylic acid groups (broad SMARTS) is 1. The van der Waals surface area contributed by atoms with Crippen molar-refractivity contribution in [3.05, 3.63) is 23.8 Å². The molecule has 0 radical (unpaired) electrons. The van der Waals surface area contributed by atoms with Crippen LogP contribution in [0.15, 0.2) is 18.2 Å². The van der Waals surface area contributed by atoms with Crippen LogP contribution in [-0.4, -0.2) is 47.7 Å². The molecule has 1 rings (SSSR count). The van der Waals surface area contributed by atoms with Crippen molar-refractivity contribution in [2.75, 3.05) is 6.54 Å². The smallest absolute Gasteiger partial charge is 0.321 e. The van der Waals surface area contributed by atoms with E-state index in [1.54, 1.807) is 54.5 Å². The van der Waals surface area contributed by atoms with Crippen LogP contribution in [0.25, 0.3) is 0 Å². The van der Waals surface area contributed by atoms with Crippen LogP contribution in [0.4, 0.5) is 0 Å². The van der Waals surface area contributed by atoms with E-state index < -0.39 is 46.3 Å². The van der Waals surface area contributed by atoms with Gasteiger partial charge in [0.05, 0.1) is 16.2 Å². The Morgan fingerprint density at radius 1 is 0.795 bits per heavy atom. The molecule has 0 saturated carbocycles. The quantitative estimate of drug-likeness (QED) is 0.220. The number of carbonyl (C=O) groups excluding carboxylic acids is 3. The Morgan fingerprint density at radius 3 is 1.72 bits per heavy atom. The summed E-state index contributed by atoms with van der Waals surface area (Å²) in [5.41, 5.74) is -1.59. The molecule has 1 aromatic rings. The highest BCUT2D eigenvalue weighted by atomic mass is 16.6. The van der Waals surface area contributed by atoms with Crippen LogP contribution in [0.3, 0.4) is 0 Å². The number of hydrogen-bond donors (Lipinski definition) is 2. The van der Waals surface area contributed by atoms with Crippen molar-refractivity contribution in [3.63, 3.8) is 0 Å². The molecule has 2 N–H and O–H groups in total. The molecule has 1 unspecified atom stereocenters. The van der Waals surface area contributed by atoms with Crippen molar-refractivity contribution in [2.24, 2.45) is 16.2 Å². The molecule has 0 aliphatic carbocycles. The SMILES string of the molecule is CCC(C)(C)C(=O)Oc1ccc(C[C@H](NCC(C)OC(=O)C(C)(C)CC)C(=O)O)cc1OC(=O)C(C)(C)CC. The standard InChI is InChI=1S/C30H47NO8/c1-11-28(5,6)25(34)37-19(4)18-31-21(24(32)33)16-20-14-15-22(38-26(35)29(7,8)12-2)23(17-20)39-27(36)30(9,10)13-3/h14-15,17,19,21,31H,11-13,16,18H2,1-10H3,(H,32,33)/t19?,21-/m0/s1. The molecule has 2 atom stereocenters. The number of carbonyl (C=O) groups is 4. The molecule has 0 aliphatic rings. The lowest BCUT2D eigenvalue weighted by atomic mass is 9.90. The summed E-state index contributed by atoms with van der Waals surface area (Å²) in [6.45, 7) is 18.1. The fourth-order valence-electron chi connectivity index (χ4n) is 2.93. The molecule has 0 aromatic heterocycles. The summed E-state index contributed by atoms with van der Waals surface area (Å²) in [6, 6.07) is 3.66. The molecule has 0 saturated heterocycles. The summed E-state index contributed by atoms with van der Waals surface area (Å²) in [7, 11) is 0. The average Bonchev–Trinajstić information content (AvgIpc) is 2.87. The minimum atomic E-state index is -1.09. The van der Waals surface area contributed by atoms with E-state index in [0.717, 1.165) is 0 Å². The Kier molecular flexibility index (Phi) is 12.2. The molecule has 0 aliphatic heterocycles. The minimum Gasteiger partial charge on any atom is -0.480 e. The summed E-state index contributed by atoms with van der Waals surface area (Å²) < 4.78 is 16.8. The number of carboxylic acids is 1. The molecule has 0 spiro atoms. The predicted octanol–water partition coefficient (Wildman–Crippen LogP) is 5.32. The molecule has 1 aromatic carbocycles. The van der Waals surface area contributed by atoms with E-state index in [2.05, 4.69) is 5.32 Å². The largest absolute Gasteiger partial charge is 0.480 e. The molecular formula is C30H47NO8. The van der Waals surface area contributed by atoms with E-state index in [0.29, 0.717) is 24.8 Å². The first-order valence-electron chi connectivity index (χ1n) is 13.6. The third-order valence-electron chi connectivity index (χ3n) is 7.42. The van der Waals surface area contributed by atoms with Crippen LogP contribution in [0.2, 0.25) is 0 Å². The van der Waals surface area contributed by atoms with Crippen LogP contribution in [-0.2, 0) is 30.3 Å². The zero-order valence-corrected chi connectivity index (χ0v) is 25.2. The van der Waals surface area contributed by atoms with Gasteiger partial charge in [0.15, 0.2) is 11.5 Å². The van der Waals surface area contributed by atoms with Crippen LogP contribution < -0.4 is 14.8 Å². The first-order valence-corrected chi connectivity index (χ1v) is 13.6. The number of benzene rings is 1. The minimum absolute atomic E-state index is 0.0485. The van der Waals surface area contributed by atoms with Gasteiger partial charge in [0.25, 0.3) is 0 Å². The summed E-state index contributed by atoms with van der Waals surface area (Å²) in [6.07, 6.45) is 1.21. The fraction of sp³-hybridized carbons (Fsp3) is 0.667. The second kappa shape index (κ2) is 13.9. The molecule has 39 heavy (non-hydrogen) atoms. The topological polar surface area (TPSA) is 128 Å². The summed E-state index contributed by atoms with van der Waals surface area (Å²) in [5.74, 6) is -2.26. The van der Waals surface area contributed by atoms with Crippen molar-refractivity contribution < 1.29 is 38.5 Å². The number of ether oxygens (including phenoxy) is 3. The zero-order chi connectivity index (χ0) is 30.2. The second-order valence-corrected chi connectivity index (χ2v) is 12.0. The van der Waals surface area contributed by atoms with Gasteiger partial charge in [-0.15, -0.1) is 0 Å². The van der Waals surface area contributed by atoms with E-state index in [9.17, 15) is 24.3 Å². The third-order valence-corrected chi connectivity index (χ3v) is 7.42. The van der Waals surface area contributed by atoms with Crippen LogP contribution in [0, 0.1) is 16.2 Å². The molecule has 0 fully saturated rings. The Balaban J connectivity index is 3.16. The van der Waals surface area contributed by atoms with Gasteiger partial charge in [-0.3, -0.25) is 19.2 Å². The summed E-state index contributed by atoms with van der Waals surface area (Å²) in [4.78, 5) is 49.9. The van der Waals surface area contributed by atoms with Crippen molar-refractivity contribution in [1.82, 2.24) is 5.32 Å². The molecule has 220 valence electrons. The average molecular weight is 550 g/mol. The number of aliphatic carboxylic acids is 1. The van der Waals surface area contributed by atoms with Gasteiger partial charge in [-0.1, -0.05) is 26.8 Å². The Morgan fingerprint density at radius 2 is 1.26 bits per heavy atom. The first kappa shape index (κ1) is 34.1. The van der Waals surface area contributed by atoms with E-state index in [-0.39, 0.29) is 30.4 Å². The lowest BCUT2D eigenvalue weighted by molar-refractivity contribution is -0.158. The number of rotatable bonds is 15. The van der Waals surface area contributed by atoms with Gasteiger partial charge in [-0.05, 0) is 91.8 Å². The maximum atomic E-state index is 12.8. The highest BCUT2D eigenvalue weighted by Gasteiger charge is 2.32. The summed E-state index contributed by atoms with van der Waals surface area (Å²) in [5, 5.41) is 12.8. The van der Waals surface area contributed by atoms with Gasteiger partial charge in [-0.25, -0.2) is 0 Å². The lowest BCUT2D eigenvalue weighted by Crippen LogP contribution is -2.43. The van der Waals surface area contributed by atoms with Gasteiger partial charge in [0.1, 0.15) is 12.1 Å². The predicted molar refractivity (Wildman–Crippen MR) is 149 cm³/mol. The normalized spacial score (nSPS) is 13.8. The number of esters is 3. The first-order chi connectivity index (χ1) is 17.9. The van der Waals surface area contributed by atoms with Crippen LogP contribution in [0.5, 0.6) is 11.5 Å². The van der Waals surface area contributed by atoms with Gasteiger partial charge >= 0.3 is 23.9 Å². The second-order valence-electron chi connectivity index (χ2n) is 12.0. The molecular weight excluding hydrogens is 502 g/mol. The van der Waals surface area contributed by atoms with Crippen molar-refractivity contribution in [1.29, 1.82) is 0 Å². The van der Waals surface area contributed by atoms with Crippen molar-refractivity contribution in [3.8, 4) is 11.5 Å². The number of nitrogens with one attached hydrogen (secondary N) is 1. The fourth-order valence-corrected chi connectivity index (χ4v) is 2.93. The molecule has 0 bridgehead atoms. The monoisotopic (exact) mass is 549 g/mol. The molecule has 0 heterocycles. The Bertz CT molecular complexity index is 1030. The van der Waals surface area contributed by atoms with Crippen LogP contribution >= 0.6 is 0 Å². The lowest BCUT2D eigenvalue weighted by Gasteiger charge is -2.25. The summed E-state index contributed by atoms with van der Waals surface area (Å²) >= 11 is 0. The highest BCUT2D eigenvalue weighted by Crippen LogP contribution is 2.34. The van der Waals surface area contributed by atoms with Gasteiger partial charge in [0.2, 0.25) is 0 Å².